The van der Waals surface area contributed by atoms with Gasteiger partial charge >= 0.3 is 0 Å². The monoisotopic (exact) mass is 407 g/mol. The van der Waals surface area contributed by atoms with Crippen molar-refractivity contribution in [1.82, 2.24) is 9.78 Å². The van der Waals surface area contributed by atoms with Crippen LogP contribution in [0.5, 0.6) is 0 Å². The molecule has 1 heterocycles. The van der Waals surface area contributed by atoms with Crippen LogP contribution in [-0.2, 0) is 11.3 Å². The molecule has 30 heavy (non-hydrogen) atoms. The van der Waals surface area contributed by atoms with Gasteiger partial charge in [-0.15, -0.1) is 0 Å². The van der Waals surface area contributed by atoms with Gasteiger partial charge < -0.3 is 0 Å². The second-order valence-corrected chi connectivity index (χ2v) is 11.1. The van der Waals surface area contributed by atoms with E-state index in [0.717, 1.165) is 48.3 Å². The minimum Gasteiger partial charge on any atom is -0.297 e. The van der Waals surface area contributed by atoms with Crippen molar-refractivity contribution in [3.8, 4) is 6.07 Å². The van der Waals surface area contributed by atoms with Crippen molar-refractivity contribution < 1.29 is 4.79 Å². The average molecular weight is 408 g/mol. The van der Waals surface area contributed by atoms with Crippen LogP contribution in [0.1, 0.15) is 83.6 Å². The first-order valence-corrected chi connectivity index (χ1v) is 12.5. The molecule has 1 aromatic heterocycles. The van der Waals surface area contributed by atoms with Gasteiger partial charge in [-0.2, -0.15) is 10.4 Å². The summed E-state index contributed by atoms with van der Waals surface area (Å²) in [7, 11) is 0. The molecule has 1 aromatic rings. The molecular weight excluding hydrogens is 370 g/mol. The Kier molecular flexibility index (Phi) is 5.28. The predicted molar refractivity (Wildman–Crippen MR) is 116 cm³/mol. The second kappa shape index (κ2) is 7.81. The van der Waals surface area contributed by atoms with Crippen LogP contribution in [0.4, 0.5) is 0 Å². The third-order valence-corrected chi connectivity index (χ3v) is 10.1. The van der Waals surface area contributed by atoms with Gasteiger partial charge in [0.15, 0.2) is 5.78 Å². The Balaban J connectivity index is 1.34. The van der Waals surface area contributed by atoms with E-state index >= 15 is 0 Å². The quantitative estimate of drug-likeness (QED) is 0.651. The Morgan fingerprint density at radius 1 is 1.17 bits per heavy atom. The Bertz CT molecular complexity index is 838. The van der Waals surface area contributed by atoms with Gasteiger partial charge in [0.05, 0.1) is 18.3 Å². The van der Waals surface area contributed by atoms with Crippen LogP contribution in [0.15, 0.2) is 12.4 Å². The zero-order valence-electron chi connectivity index (χ0n) is 18.7. The van der Waals surface area contributed by atoms with Crippen molar-refractivity contribution in [3.63, 3.8) is 0 Å². The molecule has 162 valence electrons. The summed E-state index contributed by atoms with van der Waals surface area (Å²) in [6.07, 6.45) is 16.6. The maximum absolute atomic E-state index is 13.4. The fourth-order valence-electron chi connectivity index (χ4n) is 8.84. The standard InChI is InChI=1S/C26H37N3O/c1-3-26-11-10-21-20-6-4-17(2)12-19(20)5-7-22(21)23(26)8-9-24(26)25(30)16-29-15-18(13-27)14-28-29/h14-15,17,19-24H,3-12,16H2,1-2H3. The molecule has 0 aliphatic heterocycles. The molecule has 4 aliphatic carbocycles. The van der Waals surface area contributed by atoms with Gasteiger partial charge in [-0.3, -0.25) is 9.48 Å². The Morgan fingerprint density at radius 3 is 2.77 bits per heavy atom. The molecule has 4 heteroatoms. The number of hydrogen-bond acceptors (Lipinski definition) is 3. The van der Waals surface area contributed by atoms with E-state index in [-0.39, 0.29) is 11.3 Å². The van der Waals surface area contributed by atoms with E-state index < -0.39 is 0 Å². The topological polar surface area (TPSA) is 58.7 Å². The molecule has 8 unspecified atom stereocenters. The molecule has 4 fully saturated rings. The first-order valence-electron chi connectivity index (χ1n) is 12.5. The minimum atomic E-state index is 0.187. The molecule has 5 rings (SSSR count). The number of hydrogen-bond donors (Lipinski definition) is 0. The summed E-state index contributed by atoms with van der Waals surface area (Å²) in [5.41, 5.74) is 0.759. The van der Waals surface area contributed by atoms with Crippen LogP contribution in [0.25, 0.3) is 0 Å². The van der Waals surface area contributed by atoms with Crippen LogP contribution >= 0.6 is 0 Å². The first kappa shape index (κ1) is 20.3. The normalized spacial score (nSPS) is 42.6. The van der Waals surface area contributed by atoms with Crippen LogP contribution in [0, 0.1) is 58.2 Å². The largest absolute Gasteiger partial charge is 0.297 e. The maximum Gasteiger partial charge on any atom is 0.157 e. The molecule has 4 nitrogen and oxygen atoms in total. The molecule has 0 amide bonds. The first-order chi connectivity index (χ1) is 14.6. The van der Waals surface area contributed by atoms with E-state index in [2.05, 4.69) is 25.0 Å². The van der Waals surface area contributed by atoms with Gasteiger partial charge in [-0.05, 0) is 98.7 Å². The summed E-state index contributed by atoms with van der Waals surface area (Å²) in [6.45, 7) is 5.13. The molecule has 0 saturated heterocycles. The van der Waals surface area contributed by atoms with E-state index in [1.54, 1.807) is 17.1 Å². The number of Topliss-reactive ketones (excluding diaryl/α,β-unsaturated/α-hetero) is 1. The summed E-state index contributed by atoms with van der Waals surface area (Å²) in [6, 6.07) is 2.12. The SMILES string of the molecule is CCC12CCC3C4CCC(C)CC4CCC3C1CCC2C(=O)Cn1cc(C#N)cn1. The van der Waals surface area contributed by atoms with E-state index in [9.17, 15) is 4.79 Å². The zero-order valence-corrected chi connectivity index (χ0v) is 18.7. The van der Waals surface area contributed by atoms with E-state index in [1.165, 1.54) is 51.4 Å². The number of carbonyl (C=O) groups excluding carboxylic acids is 1. The summed E-state index contributed by atoms with van der Waals surface area (Å²) < 4.78 is 1.68. The Labute approximate surface area is 181 Å². The van der Waals surface area contributed by atoms with Crippen LogP contribution in [0.2, 0.25) is 0 Å². The fraction of sp³-hybridized carbons (Fsp3) is 0.808. The van der Waals surface area contributed by atoms with Gasteiger partial charge in [0.1, 0.15) is 6.07 Å². The van der Waals surface area contributed by atoms with E-state index in [0.29, 0.717) is 17.9 Å². The second-order valence-electron chi connectivity index (χ2n) is 11.1. The summed E-state index contributed by atoms with van der Waals surface area (Å²) in [5, 5.41) is 13.3. The Hall–Kier alpha value is -1.63. The highest BCUT2D eigenvalue weighted by Gasteiger charge is 2.59. The van der Waals surface area contributed by atoms with E-state index in [4.69, 9.17) is 5.26 Å². The lowest BCUT2D eigenvalue weighted by molar-refractivity contribution is -0.133. The minimum absolute atomic E-state index is 0.187. The van der Waals surface area contributed by atoms with Gasteiger partial charge in [0.25, 0.3) is 0 Å². The summed E-state index contributed by atoms with van der Waals surface area (Å²) in [4.78, 5) is 13.4. The third-order valence-electron chi connectivity index (χ3n) is 10.1. The average Bonchev–Trinajstić information content (AvgIpc) is 3.37. The number of nitrogens with zero attached hydrogens (tertiary/aromatic N) is 3. The molecule has 4 aliphatic rings. The number of nitriles is 1. The molecule has 0 spiro atoms. The summed E-state index contributed by atoms with van der Waals surface area (Å²) >= 11 is 0. The van der Waals surface area contributed by atoms with Crippen molar-refractivity contribution in [2.75, 3.05) is 0 Å². The molecule has 0 aromatic carbocycles. The lowest BCUT2D eigenvalue weighted by Crippen LogP contribution is -2.50. The summed E-state index contributed by atoms with van der Waals surface area (Å²) in [5.74, 6) is 5.97. The predicted octanol–water partition coefficient (Wildman–Crippen LogP) is 5.62. The number of ketones is 1. The fourth-order valence-corrected chi connectivity index (χ4v) is 8.84. The Morgan fingerprint density at radius 2 is 2.00 bits per heavy atom. The van der Waals surface area contributed by atoms with Gasteiger partial charge in [-0.25, -0.2) is 0 Å². The van der Waals surface area contributed by atoms with Crippen molar-refractivity contribution >= 4 is 5.78 Å². The number of fused-ring (bicyclic) bond motifs is 5. The third kappa shape index (κ3) is 3.15. The molecule has 0 bridgehead atoms. The van der Waals surface area contributed by atoms with Crippen molar-refractivity contribution in [2.24, 2.45) is 46.8 Å². The molecule has 0 N–H and O–H groups in total. The zero-order chi connectivity index (χ0) is 20.9. The van der Waals surface area contributed by atoms with Crippen LogP contribution in [0.3, 0.4) is 0 Å². The van der Waals surface area contributed by atoms with Crippen molar-refractivity contribution in [1.29, 1.82) is 5.26 Å². The molecule has 8 atom stereocenters. The maximum atomic E-state index is 13.4. The van der Waals surface area contributed by atoms with Crippen LogP contribution < -0.4 is 0 Å². The van der Waals surface area contributed by atoms with Crippen molar-refractivity contribution in [3.05, 3.63) is 18.0 Å². The number of carbonyl (C=O) groups is 1. The number of rotatable bonds is 4. The smallest absolute Gasteiger partial charge is 0.157 e. The molecular formula is C26H37N3O. The lowest BCUT2D eigenvalue weighted by Gasteiger charge is -2.57. The molecule has 0 radical (unpaired) electrons. The highest BCUT2D eigenvalue weighted by atomic mass is 16.1. The van der Waals surface area contributed by atoms with Crippen molar-refractivity contribution in [2.45, 2.75) is 84.6 Å². The molecule has 4 saturated carbocycles. The number of aromatic nitrogens is 2. The van der Waals surface area contributed by atoms with E-state index in [1.807, 2.05) is 0 Å². The van der Waals surface area contributed by atoms with Gasteiger partial charge in [0, 0.05) is 12.1 Å². The van der Waals surface area contributed by atoms with Gasteiger partial charge in [0.2, 0.25) is 0 Å². The highest BCUT2D eigenvalue weighted by molar-refractivity contribution is 5.82. The van der Waals surface area contributed by atoms with Crippen LogP contribution in [-0.4, -0.2) is 15.6 Å². The highest BCUT2D eigenvalue weighted by Crippen LogP contribution is 2.65. The van der Waals surface area contributed by atoms with Gasteiger partial charge in [-0.1, -0.05) is 20.3 Å². The lowest BCUT2D eigenvalue weighted by atomic mass is 9.48.